The molecule has 1 aliphatic rings. The maximum absolute atomic E-state index is 5.52. The Morgan fingerprint density at radius 1 is 0.840 bits per heavy atom. The Bertz CT molecular complexity index is 700. The number of benzene rings is 2. The molecule has 0 aromatic heterocycles. The van der Waals surface area contributed by atoms with Crippen molar-refractivity contribution in [3.05, 3.63) is 58.1 Å². The van der Waals surface area contributed by atoms with E-state index in [1.165, 1.54) is 15.6 Å². The Morgan fingerprint density at radius 3 is 2.08 bits per heavy atom. The summed E-state index contributed by atoms with van der Waals surface area (Å²) >= 11 is 3.65. The molecule has 0 saturated carbocycles. The molecule has 0 bridgehead atoms. The third kappa shape index (κ3) is 4.75. The van der Waals surface area contributed by atoms with E-state index < -0.39 is 0 Å². The van der Waals surface area contributed by atoms with Crippen molar-refractivity contribution < 1.29 is 9.47 Å². The lowest BCUT2D eigenvalue weighted by atomic mass is 10.1. The lowest BCUT2D eigenvalue weighted by Crippen LogP contribution is -2.45. The van der Waals surface area contributed by atoms with Gasteiger partial charge in [0.1, 0.15) is 11.5 Å². The normalized spacial score (nSPS) is 16.0. The molecule has 0 N–H and O–H groups in total. The molecule has 134 valence electrons. The quantitative estimate of drug-likeness (QED) is 0.730. The van der Waals surface area contributed by atoms with Crippen LogP contribution in [0.25, 0.3) is 0 Å². The summed E-state index contributed by atoms with van der Waals surface area (Å²) in [5.41, 5.74) is 2.57. The molecule has 25 heavy (non-hydrogen) atoms. The van der Waals surface area contributed by atoms with Gasteiger partial charge in [-0.15, -0.1) is 0 Å². The van der Waals surface area contributed by atoms with Crippen molar-refractivity contribution in [2.75, 3.05) is 40.4 Å². The molecule has 1 heterocycles. The lowest BCUT2D eigenvalue weighted by Gasteiger charge is -2.35. The fourth-order valence-corrected chi connectivity index (χ4v) is 3.61. The van der Waals surface area contributed by atoms with Crippen molar-refractivity contribution in [2.45, 2.75) is 13.1 Å². The van der Waals surface area contributed by atoms with E-state index in [4.69, 9.17) is 9.47 Å². The molecule has 3 rings (SSSR count). The zero-order chi connectivity index (χ0) is 17.6. The van der Waals surface area contributed by atoms with Gasteiger partial charge in [-0.2, -0.15) is 0 Å². The van der Waals surface area contributed by atoms with E-state index in [0.29, 0.717) is 0 Å². The Hall–Kier alpha value is -1.56. The first-order valence-electron chi connectivity index (χ1n) is 8.58. The van der Waals surface area contributed by atoms with Crippen molar-refractivity contribution in [1.29, 1.82) is 0 Å². The molecule has 4 nitrogen and oxygen atoms in total. The largest absolute Gasteiger partial charge is 0.497 e. The monoisotopic (exact) mass is 404 g/mol. The van der Waals surface area contributed by atoms with Gasteiger partial charge in [-0.1, -0.05) is 40.2 Å². The SMILES string of the molecule is COc1ccc(CN2CCN(Cc3ccccc3Br)CC2)c(OC)c1. The fraction of sp³-hybridized carbons (Fsp3) is 0.400. The molecule has 1 fully saturated rings. The lowest BCUT2D eigenvalue weighted by molar-refractivity contribution is 0.121. The number of piperazine rings is 1. The number of methoxy groups -OCH3 is 2. The summed E-state index contributed by atoms with van der Waals surface area (Å²) in [5.74, 6) is 1.73. The average molecular weight is 405 g/mol. The van der Waals surface area contributed by atoms with E-state index >= 15 is 0 Å². The standard InChI is InChI=1S/C20H25BrN2O2/c1-24-18-8-7-17(20(13-18)25-2)15-23-11-9-22(10-12-23)14-16-5-3-4-6-19(16)21/h3-8,13H,9-12,14-15H2,1-2H3. The molecule has 1 aliphatic heterocycles. The van der Waals surface area contributed by atoms with Gasteiger partial charge >= 0.3 is 0 Å². The number of halogens is 1. The van der Waals surface area contributed by atoms with Crippen LogP contribution in [0.3, 0.4) is 0 Å². The van der Waals surface area contributed by atoms with Gasteiger partial charge in [0.05, 0.1) is 14.2 Å². The highest BCUT2D eigenvalue weighted by molar-refractivity contribution is 9.10. The number of nitrogens with zero attached hydrogens (tertiary/aromatic N) is 2. The summed E-state index contributed by atoms with van der Waals surface area (Å²) in [6.45, 7) is 6.22. The highest BCUT2D eigenvalue weighted by atomic mass is 79.9. The van der Waals surface area contributed by atoms with Gasteiger partial charge in [0.2, 0.25) is 0 Å². The van der Waals surface area contributed by atoms with Crippen LogP contribution in [0.5, 0.6) is 11.5 Å². The van der Waals surface area contributed by atoms with Crippen molar-refractivity contribution in [1.82, 2.24) is 9.80 Å². The smallest absolute Gasteiger partial charge is 0.127 e. The molecular formula is C20H25BrN2O2. The molecule has 5 heteroatoms. The molecule has 2 aromatic rings. The highest BCUT2D eigenvalue weighted by Crippen LogP contribution is 2.26. The molecule has 0 amide bonds. The van der Waals surface area contributed by atoms with Gasteiger partial charge in [-0.3, -0.25) is 9.80 Å². The average Bonchev–Trinajstić information content (AvgIpc) is 2.65. The van der Waals surface area contributed by atoms with E-state index in [-0.39, 0.29) is 0 Å². The van der Waals surface area contributed by atoms with Gasteiger partial charge < -0.3 is 9.47 Å². The summed E-state index contributed by atoms with van der Waals surface area (Å²) in [4.78, 5) is 5.00. The molecule has 0 aliphatic carbocycles. The number of rotatable bonds is 6. The van der Waals surface area contributed by atoms with Crippen molar-refractivity contribution in [3.8, 4) is 11.5 Å². The van der Waals surface area contributed by atoms with Crippen molar-refractivity contribution in [2.24, 2.45) is 0 Å². The van der Waals surface area contributed by atoms with Crippen LogP contribution >= 0.6 is 15.9 Å². The van der Waals surface area contributed by atoms with Crippen LogP contribution in [0.1, 0.15) is 11.1 Å². The van der Waals surface area contributed by atoms with Gasteiger partial charge in [-0.25, -0.2) is 0 Å². The molecule has 2 aromatic carbocycles. The maximum atomic E-state index is 5.52. The zero-order valence-corrected chi connectivity index (χ0v) is 16.5. The summed E-state index contributed by atoms with van der Waals surface area (Å²) < 4.78 is 12.0. The van der Waals surface area contributed by atoms with Crippen molar-refractivity contribution in [3.63, 3.8) is 0 Å². The van der Waals surface area contributed by atoms with E-state index in [9.17, 15) is 0 Å². The van der Waals surface area contributed by atoms with Crippen LogP contribution in [0, 0.1) is 0 Å². The summed E-state index contributed by atoms with van der Waals surface area (Å²) in [6.07, 6.45) is 0. The minimum atomic E-state index is 0.832. The fourth-order valence-electron chi connectivity index (χ4n) is 3.20. The van der Waals surface area contributed by atoms with Crippen LogP contribution in [-0.4, -0.2) is 50.2 Å². The number of hydrogen-bond donors (Lipinski definition) is 0. The van der Waals surface area contributed by atoms with Crippen LogP contribution in [-0.2, 0) is 13.1 Å². The first kappa shape index (κ1) is 18.2. The second-order valence-electron chi connectivity index (χ2n) is 6.32. The predicted octanol–water partition coefficient (Wildman–Crippen LogP) is 3.78. The zero-order valence-electron chi connectivity index (χ0n) is 14.9. The number of hydrogen-bond acceptors (Lipinski definition) is 4. The Labute approximate surface area is 158 Å². The van der Waals surface area contributed by atoms with Gasteiger partial charge in [-0.05, 0) is 17.7 Å². The molecule has 0 spiro atoms. The highest BCUT2D eigenvalue weighted by Gasteiger charge is 2.19. The van der Waals surface area contributed by atoms with Gasteiger partial charge in [0.25, 0.3) is 0 Å². The van der Waals surface area contributed by atoms with Crippen LogP contribution < -0.4 is 9.47 Å². The Morgan fingerprint density at radius 2 is 1.48 bits per heavy atom. The van der Waals surface area contributed by atoms with Crippen LogP contribution in [0.2, 0.25) is 0 Å². The third-order valence-corrected chi connectivity index (χ3v) is 5.48. The predicted molar refractivity (Wildman–Crippen MR) is 104 cm³/mol. The topological polar surface area (TPSA) is 24.9 Å². The van der Waals surface area contributed by atoms with E-state index in [0.717, 1.165) is 50.8 Å². The molecule has 0 atom stereocenters. The summed E-state index contributed by atoms with van der Waals surface area (Å²) in [7, 11) is 3.40. The Kier molecular flexibility index (Phi) is 6.34. The second-order valence-corrected chi connectivity index (χ2v) is 7.18. The summed E-state index contributed by atoms with van der Waals surface area (Å²) in [6, 6.07) is 14.5. The van der Waals surface area contributed by atoms with Crippen LogP contribution in [0.15, 0.2) is 46.9 Å². The van der Waals surface area contributed by atoms with Crippen molar-refractivity contribution >= 4 is 15.9 Å². The molecular weight excluding hydrogens is 380 g/mol. The first-order chi connectivity index (χ1) is 12.2. The minimum Gasteiger partial charge on any atom is -0.497 e. The molecule has 1 saturated heterocycles. The number of ether oxygens (including phenoxy) is 2. The Balaban J connectivity index is 1.55. The minimum absolute atomic E-state index is 0.832. The van der Waals surface area contributed by atoms with Gasteiger partial charge in [0.15, 0.2) is 0 Å². The first-order valence-corrected chi connectivity index (χ1v) is 9.38. The molecule has 0 radical (unpaired) electrons. The third-order valence-electron chi connectivity index (χ3n) is 4.70. The maximum Gasteiger partial charge on any atom is 0.127 e. The van der Waals surface area contributed by atoms with Crippen LogP contribution in [0.4, 0.5) is 0 Å². The van der Waals surface area contributed by atoms with E-state index in [1.54, 1.807) is 14.2 Å². The van der Waals surface area contributed by atoms with E-state index in [2.05, 4.69) is 56.1 Å². The summed E-state index contributed by atoms with van der Waals surface area (Å²) in [5, 5.41) is 0. The molecule has 0 unspecified atom stereocenters. The van der Waals surface area contributed by atoms with E-state index in [1.807, 2.05) is 12.1 Å². The van der Waals surface area contributed by atoms with Gasteiger partial charge in [0, 0.05) is 55.4 Å². The second kappa shape index (κ2) is 8.70.